The van der Waals surface area contributed by atoms with E-state index in [0.29, 0.717) is 18.5 Å². The molecule has 0 saturated carbocycles. The molecule has 1 saturated heterocycles. The van der Waals surface area contributed by atoms with Gasteiger partial charge in [-0.2, -0.15) is 0 Å². The summed E-state index contributed by atoms with van der Waals surface area (Å²) < 4.78 is 5.50. The first kappa shape index (κ1) is 17.6. The average Bonchev–Trinajstić information content (AvgIpc) is 2.73. The molecule has 0 bridgehead atoms. The maximum atomic E-state index is 13.2. The van der Waals surface area contributed by atoms with Gasteiger partial charge in [0.1, 0.15) is 5.75 Å². The Morgan fingerprint density at radius 3 is 2.52 bits per heavy atom. The van der Waals surface area contributed by atoms with E-state index in [2.05, 4.69) is 6.07 Å². The average molecular weight is 364 g/mol. The molecule has 4 rings (SSSR count). The SMILES string of the molecule is COc1cccc2c1N(C(=O)c1ccc(N3CCCCC3=O)cc1)CCC2. The van der Waals surface area contributed by atoms with Crippen molar-refractivity contribution >= 4 is 23.2 Å². The minimum atomic E-state index is -0.0306. The van der Waals surface area contributed by atoms with Gasteiger partial charge in [-0.1, -0.05) is 12.1 Å². The first-order valence-corrected chi connectivity index (χ1v) is 9.57. The van der Waals surface area contributed by atoms with Crippen LogP contribution in [-0.2, 0) is 11.2 Å². The van der Waals surface area contributed by atoms with Crippen molar-refractivity contribution in [1.82, 2.24) is 0 Å². The van der Waals surface area contributed by atoms with E-state index >= 15 is 0 Å². The number of para-hydroxylation sites is 1. The van der Waals surface area contributed by atoms with Gasteiger partial charge in [-0.25, -0.2) is 0 Å². The molecule has 2 amide bonds. The number of hydrogen-bond donors (Lipinski definition) is 0. The maximum absolute atomic E-state index is 13.2. The van der Waals surface area contributed by atoms with Crippen LogP contribution in [0.4, 0.5) is 11.4 Å². The predicted molar refractivity (Wildman–Crippen MR) is 106 cm³/mol. The number of hydrogen-bond acceptors (Lipinski definition) is 3. The molecule has 1 fully saturated rings. The van der Waals surface area contributed by atoms with Gasteiger partial charge < -0.3 is 14.5 Å². The summed E-state index contributed by atoms with van der Waals surface area (Å²) in [4.78, 5) is 28.9. The van der Waals surface area contributed by atoms with Crippen molar-refractivity contribution in [1.29, 1.82) is 0 Å². The molecule has 2 aromatic rings. The van der Waals surface area contributed by atoms with E-state index in [1.54, 1.807) is 7.11 Å². The lowest BCUT2D eigenvalue weighted by Gasteiger charge is -2.31. The number of amides is 2. The van der Waals surface area contributed by atoms with Crippen LogP contribution in [0, 0.1) is 0 Å². The van der Waals surface area contributed by atoms with Crippen LogP contribution in [0.3, 0.4) is 0 Å². The van der Waals surface area contributed by atoms with Crippen LogP contribution in [0.5, 0.6) is 5.75 Å². The summed E-state index contributed by atoms with van der Waals surface area (Å²) >= 11 is 0. The van der Waals surface area contributed by atoms with Crippen molar-refractivity contribution in [2.75, 3.05) is 30.0 Å². The van der Waals surface area contributed by atoms with Crippen LogP contribution in [0.25, 0.3) is 0 Å². The van der Waals surface area contributed by atoms with Gasteiger partial charge in [0.05, 0.1) is 12.8 Å². The molecule has 0 radical (unpaired) electrons. The zero-order valence-corrected chi connectivity index (χ0v) is 15.6. The Bertz CT molecular complexity index is 846. The van der Waals surface area contributed by atoms with Crippen LogP contribution in [0.2, 0.25) is 0 Å². The summed E-state index contributed by atoms with van der Waals surface area (Å²) in [5.74, 6) is 0.864. The smallest absolute Gasteiger partial charge is 0.258 e. The van der Waals surface area contributed by atoms with Crippen LogP contribution in [0.15, 0.2) is 42.5 Å². The Morgan fingerprint density at radius 1 is 0.963 bits per heavy atom. The van der Waals surface area contributed by atoms with Gasteiger partial charge >= 0.3 is 0 Å². The monoisotopic (exact) mass is 364 g/mol. The van der Waals surface area contributed by atoms with Crippen LogP contribution < -0.4 is 14.5 Å². The van der Waals surface area contributed by atoms with E-state index in [0.717, 1.165) is 54.9 Å². The summed E-state index contributed by atoms with van der Waals surface area (Å²) in [7, 11) is 1.64. The van der Waals surface area contributed by atoms with E-state index in [4.69, 9.17) is 4.74 Å². The Morgan fingerprint density at radius 2 is 1.78 bits per heavy atom. The van der Waals surface area contributed by atoms with Crippen LogP contribution in [-0.4, -0.2) is 32.0 Å². The highest BCUT2D eigenvalue weighted by atomic mass is 16.5. The zero-order chi connectivity index (χ0) is 18.8. The summed E-state index contributed by atoms with van der Waals surface area (Å²) in [6.07, 6.45) is 4.47. The second kappa shape index (κ2) is 7.43. The number of aryl methyl sites for hydroxylation is 1. The Kier molecular flexibility index (Phi) is 4.84. The van der Waals surface area contributed by atoms with Gasteiger partial charge in [-0.3, -0.25) is 9.59 Å². The summed E-state index contributed by atoms with van der Waals surface area (Å²) in [6.45, 7) is 1.43. The molecule has 27 heavy (non-hydrogen) atoms. The number of anilines is 2. The van der Waals surface area contributed by atoms with Gasteiger partial charge in [0, 0.05) is 30.8 Å². The fourth-order valence-corrected chi connectivity index (χ4v) is 4.00. The molecule has 0 spiro atoms. The summed E-state index contributed by atoms with van der Waals surface area (Å²) in [5.41, 5.74) is 3.52. The van der Waals surface area contributed by atoms with Crippen molar-refractivity contribution in [2.45, 2.75) is 32.1 Å². The van der Waals surface area contributed by atoms with Crippen molar-refractivity contribution < 1.29 is 14.3 Å². The number of carbonyl (C=O) groups excluding carboxylic acids is 2. The third-order valence-electron chi connectivity index (χ3n) is 5.39. The number of piperidine rings is 1. The lowest BCUT2D eigenvalue weighted by atomic mass is 10.00. The fourth-order valence-electron chi connectivity index (χ4n) is 4.00. The number of carbonyl (C=O) groups is 2. The van der Waals surface area contributed by atoms with Gasteiger partial charge in [0.15, 0.2) is 0 Å². The standard InChI is InChI=1S/C22H24N2O3/c1-27-19-8-4-6-16-7-5-15-24(21(16)19)22(26)17-10-12-18(13-11-17)23-14-3-2-9-20(23)25/h4,6,8,10-13H,2-3,5,7,9,14-15H2,1H3. The molecule has 2 aromatic carbocycles. The fraction of sp³-hybridized carbons (Fsp3) is 0.364. The zero-order valence-electron chi connectivity index (χ0n) is 15.6. The molecule has 0 aromatic heterocycles. The van der Waals surface area contributed by atoms with E-state index in [1.165, 1.54) is 0 Å². The Balaban J connectivity index is 1.60. The van der Waals surface area contributed by atoms with Crippen molar-refractivity contribution in [3.05, 3.63) is 53.6 Å². The molecular formula is C22H24N2O3. The largest absolute Gasteiger partial charge is 0.495 e. The highest BCUT2D eigenvalue weighted by Gasteiger charge is 2.27. The lowest BCUT2D eigenvalue weighted by Crippen LogP contribution is -2.36. The van der Waals surface area contributed by atoms with Gasteiger partial charge in [0.2, 0.25) is 5.91 Å². The maximum Gasteiger partial charge on any atom is 0.258 e. The molecule has 2 heterocycles. The number of rotatable bonds is 3. The Hall–Kier alpha value is -2.82. The molecule has 0 N–H and O–H groups in total. The third kappa shape index (κ3) is 3.29. The molecular weight excluding hydrogens is 340 g/mol. The topological polar surface area (TPSA) is 49.9 Å². The van der Waals surface area contributed by atoms with Crippen molar-refractivity contribution in [3.8, 4) is 5.75 Å². The first-order valence-electron chi connectivity index (χ1n) is 9.57. The Labute approximate surface area is 159 Å². The highest BCUT2D eigenvalue weighted by molar-refractivity contribution is 6.08. The molecule has 0 aliphatic carbocycles. The van der Waals surface area contributed by atoms with Crippen LogP contribution >= 0.6 is 0 Å². The molecule has 140 valence electrons. The summed E-state index contributed by atoms with van der Waals surface area (Å²) in [6, 6.07) is 13.3. The minimum Gasteiger partial charge on any atom is -0.495 e. The molecule has 5 heteroatoms. The van der Waals surface area contributed by atoms with Gasteiger partial charge in [-0.15, -0.1) is 0 Å². The van der Waals surface area contributed by atoms with E-state index in [-0.39, 0.29) is 11.8 Å². The van der Waals surface area contributed by atoms with E-state index in [9.17, 15) is 9.59 Å². The quantitative estimate of drug-likeness (QED) is 0.832. The molecule has 2 aliphatic rings. The lowest BCUT2D eigenvalue weighted by molar-refractivity contribution is -0.119. The second-order valence-corrected chi connectivity index (χ2v) is 7.08. The van der Waals surface area contributed by atoms with E-state index in [1.807, 2.05) is 46.2 Å². The molecule has 0 unspecified atom stereocenters. The van der Waals surface area contributed by atoms with Crippen LogP contribution in [0.1, 0.15) is 41.6 Å². The molecule has 2 aliphatic heterocycles. The number of benzene rings is 2. The van der Waals surface area contributed by atoms with Crippen molar-refractivity contribution in [2.24, 2.45) is 0 Å². The minimum absolute atomic E-state index is 0.0306. The second-order valence-electron chi connectivity index (χ2n) is 7.08. The molecule has 0 atom stereocenters. The number of methoxy groups -OCH3 is 1. The van der Waals surface area contributed by atoms with E-state index < -0.39 is 0 Å². The van der Waals surface area contributed by atoms with Crippen molar-refractivity contribution in [3.63, 3.8) is 0 Å². The van der Waals surface area contributed by atoms with Gasteiger partial charge in [-0.05, 0) is 61.6 Å². The number of nitrogens with zero attached hydrogens (tertiary/aromatic N) is 2. The third-order valence-corrected chi connectivity index (χ3v) is 5.39. The predicted octanol–water partition coefficient (Wildman–Crippen LogP) is 3.81. The number of ether oxygens (including phenoxy) is 1. The number of fused-ring (bicyclic) bond motifs is 1. The highest BCUT2D eigenvalue weighted by Crippen LogP contribution is 2.37. The van der Waals surface area contributed by atoms with Gasteiger partial charge in [0.25, 0.3) is 5.91 Å². The normalized spacial score (nSPS) is 16.9. The molecule has 5 nitrogen and oxygen atoms in total. The first-order chi connectivity index (χ1) is 13.2. The summed E-state index contributed by atoms with van der Waals surface area (Å²) in [5, 5.41) is 0.